The predicted molar refractivity (Wildman–Crippen MR) is 93.8 cm³/mol. The highest BCUT2D eigenvalue weighted by molar-refractivity contribution is 5.89. The lowest BCUT2D eigenvalue weighted by Crippen LogP contribution is -2.12. The van der Waals surface area contributed by atoms with Gasteiger partial charge < -0.3 is 4.74 Å². The Labute approximate surface area is 141 Å². The number of esters is 1. The van der Waals surface area contributed by atoms with Gasteiger partial charge in [-0.15, -0.1) is 0 Å². The van der Waals surface area contributed by atoms with Crippen molar-refractivity contribution in [2.75, 3.05) is 0 Å². The summed E-state index contributed by atoms with van der Waals surface area (Å²) in [5, 5.41) is 0. The summed E-state index contributed by atoms with van der Waals surface area (Å²) in [6, 6.07) is 15.5. The number of rotatable bonds is 3. The van der Waals surface area contributed by atoms with E-state index in [1.165, 1.54) is 6.20 Å². The molecule has 0 radical (unpaired) electrons. The molecule has 0 saturated carbocycles. The molecule has 0 saturated heterocycles. The van der Waals surface area contributed by atoms with Gasteiger partial charge in [-0.1, -0.05) is 57.2 Å². The van der Waals surface area contributed by atoms with Crippen LogP contribution in [0.15, 0.2) is 54.7 Å². The van der Waals surface area contributed by atoms with Crippen LogP contribution in [0.25, 0.3) is 11.0 Å². The molecule has 3 rings (SSSR count). The Bertz CT molecular complexity index is 868. The summed E-state index contributed by atoms with van der Waals surface area (Å²) >= 11 is 0. The van der Waals surface area contributed by atoms with E-state index in [-0.39, 0.29) is 17.7 Å². The highest BCUT2D eigenvalue weighted by atomic mass is 16.5. The number of benzene rings is 2. The Kier molecular flexibility index (Phi) is 4.30. The fraction of sp³-hybridized carbons (Fsp3) is 0.250. The Morgan fingerprint density at radius 1 is 1.04 bits per heavy atom. The predicted octanol–water partition coefficient (Wildman–Crippen LogP) is 4.28. The van der Waals surface area contributed by atoms with Crippen LogP contribution in [0, 0.1) is 0 Å². The zero-order chi connectivity index (χ0) is 17.2. The summed E-state index contributed by atoms with van der Waals surface area (Å²) in [5.41, 5.74) is 3.80. The van der Waals surface area contributed by atoms with Crippen LogP contribution < -0.4 is 0 Å². The number of hydrogen-bond donors (Lipinski definition) is 0. The minimum Gasteiger partial charge on any atom is -0.456 e. The minimum atomic E-state index is -0.464. The van der Waals surface area contributed by atoms with Crippen molar-refractivity contribution in [2.45, 2.75) is 32.8 Å². The van der Waals surface area contributed by atoms with Gasteiger partial charge in [-0.2, -0.15) is 0 Å². The number of hydrogen-bond acceptors (Lipinski definition) is 4. The zero-order valence-electron chi connectivity index (χ0n) is 14.1. The molecule has 0 fully saturated rings. The lowest BCUT2D eigenvalue weighted by Gasteiger charge is -2.19. The molecule has 2 aromatic carbocycles. The van der Waals surface area contributed by atoms with E-state index in [9.17, 15) is 4.79 Å². The average Bonchev–Trinajstić information content (AvgIpc) is 2.59. The summed E-state index contributed by atoms with van der Waals surface area (Å²) in [4.78, 5) is 21.0. The first-order chi connectivity index (χ1) is 11.4. The van der Waals surface area contributed by atoms with Gasteiger partial charge in [-0.3, -0.25) is 4.98 Å². The average molecular weight is 320 g/mol. The van der Waals surface area contributed by atoms with Gasteiger partial charge in [-0.05, 0) is 28.7 Å². The van der Waals surface area contributed by atoms with Crippen molar-refractivity contribution < 1.29 is 9.53 Å². The molecule has 3 aromatic rings. The first kappa shape index (κ1) is 16.1. The molecule has 4 heteroatoms. The SMILES string of the molecule is CC(C)(C)c1ccc2ncc(C(=O)OCc3ccccc3)nc2c1. The van der Waals surface area contributed by atoms with Gasteiger partial charge >= 0.3 is 5.97 Å². The number of aromatic nitrogens is 2. The second-order valence-corrected chi connectivity index (χ2v) is 6.77. The molecule has 0 N–H and O–H groups in total. The third-order valence-electron chi connectivity index (χ3n) is 3.83. The maximum absolute atomic E-state index is 12.2. The standard InChI is InChI=1S/C20H20N2O2/c1-20(2,3)15-9-10-16-17(11-15)22-18(12-21-16)19(23)24-13-14-7-5-4-6-8-14/h4-12H,13H2,1-3H3. The molecule has 0 unspecified atom stereocenters. The van der Waals surface area contributed by atoms with Gasteiger partial charge in [0.25, 0.3) is 0 Å². The normalized spacial score (nSPS) is 11.5. The van der Waals surface area contributed by atoms with E-state index in [4.69, 9.17) is 4.74 Å². The number of carbonyl (C=O) groups is 1. The fourth-order valence-electron chi connectivity index (χ4n) is 2.37. The zero-order valence-corrected chi connectivity index (χ0v) is 14.1. The van der Waals surface area contributed by atoms with Crippen LogP contribution in [-0.2, 0) is 16.8 Å². The molecule has 0 spiro atoms. The molecule has 1 heterocycles. The number of fused-ring (bicyclic) bond motifs is 1. The maximum atomic E-state index is 12.2. The highest BCUT2D eigenvalue weighted by Gasteiger charge is 2.16. The van der Waals surface area contributed by atoms with Crippen LogP contribution in [0.3, 0.4) is 0 Å². The molecular weight excluding hydrogens is 300 g/mol. The molecule has 0 bridgehead atoms. The second kappa shape index (κ2) is 6.40. The summed E-state index contributed by atoms with van der Waals surface area (Å²) < 4.78 is 5.32. The number of nitrogens with zero attached hydrogens (tertiary/aromatic N) is 2. The Morgan fingerprint density at radius 3 is 2.50 bits per heavy atom. The van der Waals surface area contributed by atoms with Crippen molar-refractivity contribution in [3.05, 3.63) is 71.5 Å². The van der Waals surface area contributed by atoms with Gasteiger partial charge in [0.1, 0.15) is 6.61 Å². The van der Waals surface area contributed by atoms with Crippen molar-refractivity contribution in [1.29, 1.82) is 0 Å². The molecule has 0 aliphatic heterocycles. The van der Waals surface area contributed by atoms with Crippen LogP contribution in [0.4, 0.5) is 0 Å². The molecule has 0 aliphatic carbocycles. The second-order valence-electron chi connectivity index (χ2n) is 6.77. The molecule has 0 aliphatic rings. The molecule has 24 heavy (non-hydrogen) atoms. The van der Waals surface area contributed by atoms with Crippen LogP contribution in [0.2, 0.25) is 0 Å². The van der Waals surface area contributed by atoms with Gasteiger partial charge in [0.15, 0.2) is 5.69 Å². The number of ether oxygens (including phenoxy) is 1. The quantitative estimate of drug-likeness (QED) is 0.676. The van der Waals surface area contributed by atoms with E-state index in [0.29, 0.717) is 5.52 Å². The summed E-state index contributed by atoms with van der Waals surface area (Å²) in [7, 11) is 0. The van der Waals surface area contributed by atoms with Gasteiger partial charge in [0, 0.05) is 0 Å². The third-order valence-corrected chi connectivity index (χ3v) is 3.83. The van der Waals surface area contributed by atoms with E-state index in [2.05, 4.69) is 30.7 Å². The molecule has 1 aromatic heterocycles. The maximum Gasteiger partial charge on any atom is 0.358 e. The smallest absolute Gasteiger partial charge is 0.358 e. The molecule has 0 atom stereocenters. The molecular formula is C20H20N2O2. The van der Waals surface area contributed by atoms with Crippen molar-refractivity contribution in [1.82, 2.24) is 9.97 Å². The third kappa shape index (κ3) is 3.59. The summed E-state index contributed by atoms with van der Waals surface area (Å²) in [6.07, 6.45) is 1.46. The molecule has 122 valence electrons. The molecule has 0 amide bonds. The molecule has 4 nitrogen and oxygen atoms in total. The van der Waals surface area contributed by atoms with Crippen molar-refractivity contribution in [2.24, 2.45) is 0 Å². The summed E-state index contributed by atoms with van der Waals surface area (Å²) in [5.74, 6) is -0.464. The Balaban J connectivity index is 1.82. The van der Waals surface area contributed by atoms with E-state index in [1.54, 1.807) is 0 Å². The van der Waals surface area contributed by atoms with Crippen molar-refractivity contribution >= 4 is 17.0 Å². The van der Waals surface area contributed by atoms with E-state index >= 15 is 0 Å². The monoisotopic (exact) mass is 320 g/mol. The first-order valence-corrected chi connectivity index (χ1v) is 7.92. The number of carbonyl (C=O) groups excluding carboxylic acids is 1. The van der Waals surface area contributed by atoms with Gasteiger partial charge in [-0.25, -0.2) is 9.78 Å². The lowest BCUT2D eigenvalue weighted by atomic mass is 9.87. The van der Waals surface area contributed by atoms with Crippen LogP contribution in [0.5, 0.6) is 0 Å². The Hall–Kier alpha value is -2.75. The largest absolute Gasteiger partial charge is 0.456 e. The summed E-state index contributed by atoms with van der Waals surface area (Å²) in [6.45, 7) is 6.64. The van der Waals surface area contributed by atoms with Crippen molar-refractivity contribution in [3.63, 3.8) is 0 Å². The Morgan fingerprint density at radius 2 is 1.79 bits per heavy atom. The van der Waals surface area contributed by atoms with E-state index < -0.39 is 5.97 Å². The van der Waals surface area contributed by atoms with Gasteiger partial charge in [0.05, 0.1) is 17.2 Å². The van der Waals surface area contributed by atoms with E-state index in [1.807, 2.05) is 48.5 Å². The topological polar surface area (TPSA) is 52.1 Å². The highest BCUT2D eigenvalue weighted by Crippen LogP contribution is 2.24. The van der Waals surface area contributed by atoms with Crippen LogP contribution in [-0.4, -0.2) is 15.9 Å². The van der Waals surface area contributed by atoms with Crippen LogP contribution >= 0.6 is 0 Å². The first-order valence-electron chi connectivity index (χ1n) is 7.92. The van der Waals surface area contributed by atoms with Crippen LogP contribution in [0.1, 0.15) is 42.4 Å². The van der Waals surface area contributed by atoms with E-state index in [0.717, 1.165) is 16.6 Å². The van der Waals surface area contributed by atoms with Gasteiger partial charge in [0.2, 0.25) is 0 Å². The van der Waals surface area contributed by atoms with Crippen molar-refractivity contribution in [3.8, 4) is 0 Å². The lowest BCUT2D eigenvalue weighted by molar-refractivity contribution is 0.0465. The fourth-order valence-corrected chi connectivity index (χ4v) is 2.37. The minimum absolute atomic E-state index is 0.0136.